The first-order valence-corrected chi connectivity index (χ1v) is 7.94. The van der Waals surface area contributed by atoms with Crippen LogP contribution >= 0.6 is 0 Å². The Kier molecular flexibility index (Phi) is 6.75. The van der Waals surface area contributed by atoms with Crippen molar-refractivity contribution in [3.8, 4) is 0 Å². The first-order chi connectivity index (χ1) is 12.8. The van der Waals surface area contributed by atoms with Crippen LogP contribution in [-0.2, 0) is 11.3 Å². The first kappa shape index (κ1) is 20.2. The molecule has 1 amide bonds. The van der Waals surface area contributed by atoms with Crippen molar-refractivity contribution < 1.29 is 22.4 Å². The summed E-state index contributed by atoms with van der Waals surface area (Å²) >= 11 is 0. The van der Waals surface area contributed by atoms with E-state index in [0.717, 1.165) is 11.6 Å². The summed E-state index contributed by atoms with van der Waals surface area (Å²) in [4.78, 5) is 15.8. The molecule has 3 N–H and O–H groups in total. The van der Waals surface area contributed by atoms with E-state index in [1.807, 2.05) is 0 Å². The Bertz CT molecular complexity index is 871. The molecule has 0 unspecified atom stereocenters. The lowest BCUT2D eigenvalue weighted by molar-refractivity contribution is -0.115. The third-order valence-corrected chi connectivity index (χ3v) is 3.63. The van der Waals surface area contributed by atoms with Gasteiger partial charge in [-0.3, -0.25) is 9.79 Å². The number of carbonyl (C=O) groups is 1. The zero-order valence-electron chi connectivity index (χ0n) is 14.7. The normalized spacial score (nSPS) is 11.3. The topological polar surface area (TPSA) is 65.5 Å². The molecule has 0 aromatic heterocycles. The van der Waals surface area contributed by atoms with Crippen LogP contribution in [0.5, 0.6) is 0 Å². The zero-order valence-corrected chi connectivity index (χ0v) is 14.7. The van der Waals surface area contributed by atoms with Crippen molar-refractivity contribution in [3.05, 3.63) is 64.7 Å². The Hall–Kier alpha value is -3.10. The van der Waals surface area contributed by atoms with Crippen LogP contribution in [0, 0.1) is 30.2 Å². The van der Waals surface area contributed by atoms with E-state index in [0.29, 0.717) is 18.2 Å². The van der Waals surface area contributed by atoms with E-state index in [4.69, 9.17) is 0 Å². The summed E-state index contributed by atoms with van der Waals surface area (Å²) in [5, 5.41) is 7.76. The summed E-state index contributed by atoms with van der Waals surface area (Å²) in [6.45, 7) is 1.69. The van der Waals surface area contributed by atoms with Crippen LogP contribution in [0.25, 0.3) is 0 Å². The van der Waals surface area contributed by atoms with Gasteiger partial charge in [0, 0.05) is 13.6 Å². The fourth-order valence-corrected chi connectivity index (χ4v) is 2.20. The van der Waals surface area contributed by atoms with Crippen molar-refractivity contribution in [3.63, 3.8) is 0 Å². The largest absolute Gasteiger partial charge is 0.352 e. The standard InChI is InChI=1S/C18H18F4N4O/c1-10-7-11(3-4-12(10)19)8-24-18(23-2)25-9-15(27)26-14-6-5-13(20)16(21)17(14)22/h3-7H,8-9H2,1-2H3,(H,26,27)(H2,23,24,25). The van der Waals surface area contributed by atoms with E-state index in [1.54, 1.807) is 19.1 Å². The number of nitrogens with one attached hydrogen (secondary N) is 3. The smallest absolute Gasteiger partial charge is 0.243 e. The molecule has 0 bridgehead atoms. The third-order valence-electron chi connectivity index (χ3n) is 3.63. The van der Waals surface area contributed by atoms with Gasteiger partial charge in [-0.05, 0) is 36.2 Å². The molecular formula is C18H18F4N4O. The van der Waals surface area contributed by atoms with E-state index in [2.05, 4.69) is 20.9 Å². The Balaban J connectivity index is 1.87. The number of hydrogen-bond donors (Lipinski definition) is 3. The molecule has 144 valence electrons. The Labute approximate surface area is 153 Å². The highest BCUT2D eigenvalue weighted by atomic mass is 19.2. The number of anilines is 1. The molecule has 2 rings (SSSR count). The molecule has 2 aromatic rings. The number of guanidine groups is 1. The first-order valence-electron chi connectivity index (χ1n) is 7.94. The highest BCUT2D eigenvalue weighted by Crippen LogP contribution is 2.19. The average molecular weight is 382 g/mol. The minimum atomic E-state index is -1.66. The molecule has 9 heteroatoms. The summed E-state index contributed by atoms with van der Waals surface area (Å²) in [7, 11) is 1.48. The number of amides is 1. The van der Waals surface area contributed by atoms with Crippen LogP contribution in [0.3, 0.4) is 0 Å². The Morgan fingerprint density at radius 1 is 1.00 bits per heavy atom. The predicted molar refractivity (Wildman–Crippen MR) is 94.3 cm³/mol. The molecule has 0 aliphatic rings. The molecule has 5 nitrogen and oxygen atoms in total. The lowest BCUT2D eigenvalue weighted by Gasteiger charge is -2.13. The monoisotopic (exact) mass is 382 g/mol. The van der Waals surface area contributed by atoms with Crippen molar-refractivity contribution in [1.82, 2.24) is 10.6 Å². The SMILES string of the molecule is CN=C(NCC(=O)Nc1ccc(F)c(F)c1F)NCc1ccc(F)c(C)c1. The number of carbonyl (C=O) groups excluding carboxylic acids is 1. The summed E-state index contributed by atoms with van der Waals surface area (Å²) < 4.78 is 52.8. The lowest BCUT2D eigenvalue weighted by Crippen LogP contribution is -2.41. The van der Waals surface area contributed by atoms with Crippen LogP contribution in [-0.4, -0.2) is 25.5 Å². The van der Waals surface area contributed by atoms with Gasteiger partial charge < -0.3 is 16.0 Å². The minimum Gasteiger partial charge on any atom is -0.352 e. The molecule has 2 aromatic carbocycles. The molecule has 0 spiro atoms. The summed E-state index contributed by atoms with van der Waals surface area (Å²) in [6, 6.07) is 6.28. The van der Waals surface area contributed by atoms with Gasteiger partial charge in [-0.2, -0.15) is 0 Å². The maximum Gasteiger partial charge on any atom is 0.243 e. The van der Waals surface area contributed by atoms with Gasteiger partial charge in [0.1, 0.15) is 5.82 Å². The van der Waals surface area contributed by atoms with Crippen LogP contribution in [0.4, 0.5) is 23.2 Å². The fourth-order valence-electron chi connectivity index (χ4n) is 2.20. The number of aliphatic imine (C=N–C) groups is 1. The fraction of sp³-hybridized carbons (Fsp3) is 0.222. The van der Waals surface area contributed by atoms with E-state index in [1.165, 1.54) is 13.1 Å². The Morgan fingerprint density at radius 2 is 1.70 bits per heavy atom. The maximum absolute atomic E-state index is 13.5. The number of halogens is 4. The summed E-state index contributed by atoms with van der Waals surface area (Å²) in [5.74, 6) is -5.18. The van der Waals surface area contributed by atoms with Gasteiger partial charge in [0.25, 0.3) is 0 Å². The van der Waals surface area contributed by atoms with Gasteiger partial charge in [0.15, 0.2) is 23.4 Å². The summed E-state index contributed by atoms with van der Waals surface area (Å²) in [5.41, 5.74) is 0.848. The molecule has 27 heavy (non-hydrogen) atoms. The van der Waals surface area contributed by atoms with E-state index < -0.39 is 29.0 Å². The van der Waals surface area contributed by atoms with E-state index in [-0.39, 0.29) is 18.3 Å². The zero-order chi connectivity index (χ0) is 20.0. The van der Waals surface area contributed by atoms with Crippen LogP contribution < -0.4 is 16.0 Å². The molecule has 0 radical (unpaired) electrons. The second kappa shape index (κ2) is 9.02. The van der Waals surface area contributed by atoms with Crippen molar-refractivity contribution in [2.75, 3.05) is 18.9 Å². The molecule has 0 saturated heterocycles. The molecule has 0 fully saturated rings. The molecule has 0 saturated carbocycles. The second-order valence-corrected chi connectivity index (χ2v) is 5.63. The molecular weight excluding hydrogens is 364 g/mol. The number of hydrogen-bond acceptors (Lipinski definition) is 2. The molecule has 0 atom stereocenters. The molecule has 0 aliphatic heterocycles. The van der Waals surface area contributed by atoms with Gasteiger partial charge in [0.05, 0.1) is 12.2 Å². The van der Waals surface area contributed by atoms with Crippen molar-refractivity contribution in [2.45, 2.75) is 13.5 Å². The quantitative estimate of drug-likeness (QED) is 0.323. The van der Waals surface area contributed by atoms with Gasteiger partial charge in [-0.25, -0.2) is 17.6 Å². The third kappa shape index (κ3) is 5.44. The number of benzene rings is 2. The molecule has 0 aliphatic carbocycles. The minimum absolute atomic E-state index is 0.276. The van der Waals surface area contributed by atoms with Crippen molar-refractivity contribution in [1.29, 1.82) is 0 Å². The number of nitrogens with zero attached hydrogens (tertiary/aromatic N) is 1. The van der Waals surface area contributed by atoms with Crippen LogP contribution in [0.2, 0.25) is 0 Å². The van der Waals surface area contributed by atoms with E-state index >= 15 is 0 Å². The maximum atomic E-state index is 13.5. The van der Waals surface area contributed by atoms with Crippen LogP contribution in [0.1, 0.15) is 11.1 Å². The summed E-state index contributed by atoms with van der Waals surface area (Å²) in [6.07, 6.45) is 0. The van der Waals surface area contributed by atoms with Gasteiger partial charge in [-0.1, -0.05) is 12.1 Å². The predicted octanol–water partition coefficient (Wildman–Crippen LogP) is 2.86. The van der Waals surface area contributed by atoms with Crippen molar-refractivity contribution in [2.24, 2.45) is 4.99 Å². The van der Waals surface area contributed by atoms with E-state index in [9.17, 15) is 22.4 Å². The Morgan fingerprint density at radius 3 is 2.37 bits per heavy atom. The van der Waals surface area contributed by atoms with Gasteiger partial charge in [-0.15, -0.1) is 0 Å². The van der Waals surface area contributed by atoms with Gasteiger partial charge >= 0.3 is 0 Å². The number of rotatable bonds is 5. The lowest BCUT2D eigenvalue weighted by atomic mass is 10.1. The number of aryl methyl sites for hydroxylation is 1. The van der Waals surface area contributed by atoms with Crippen molar-refractivity contribution >= 4 is 17.6 Å². The molecule has 0 heterocycles. The van der Waals surface area contributed by atoms with Gasteiger partial charge in [0.2, 0.25) is 5.91 Å². The highest BCUT2D eigenvalue weighted by Gasteiger charge is 2.15. The van der Waals surface area contributed by atoms with Crippen LogP contribution in [0.15, 0.2) is 35.3 Å². The highest BCUT2D eigenvalue weighted by molar-refractivity contribution is 5.95. The second-order valence-electron chi connectivity index (χ2n) is 5.63. The average Bonchev–Trinajstić information content (AvgIpc) is 2.65.